The lowest BCUT2D eigenvalue weighted by Crippen LogP contribution is -2.23. The molecule has 8 heteroatoms. The molecule has 0 radical (unpaired) electrons. The molecule has 0 unspecified atom stereocenters. The van der Waals surface area contributed by atoms with Gasteiger partial charge in [0.2, 0.25) is 5.91 Å². The maximum atomic E-state index is 12.5. The van der Waals surface area contributed by atoms with E-state index in [-0.39, 0.29) is 37.1 Å². The third-order valence-electron chi connectivity index (χ3n) is 4.84. The van der Waals surface area contributed by atoms with Crippen molar-refractivity contribution in [1.29, 1.82) is 0 Å². The Labute approximate surface area is 204 Å². The Kier molecular flexibility index (Phi) is 9.24. The lowest BCUT2D eigenvalue weighted by Gasteiger charge is -2.10. The number of rotatable bonds is 10. The molecule has 2 N–H and O–H groups in total. The maximum absolute atomic E-state index is 12.5. The van der Waals surface area contributed by atoms with Gasteiger partial charge in [0.15, 0.2) is 0 Å². The van der Waals surface area contributed by atoms with Crippen molar-refractivity contribution in [2.45, 2.75) is 26.8 Å². The minimum atomic E-state index is -0.795. The van der Waals surface area contributed by atoms with Crippen LogP contribution in [0.3, 0.4) is 0 Å². The number of benzene rings is 3. The summed E-state index contributed by atoms with van der Waals surface area (Å²) in [6.45, 7) is 4.69. The van der Waals surface area contributed by atoms with Gasteiger partial charge in [0, 0.05) is 17.8 Å². The molecule has 0 saturated heterocycles. The fourth-order valence-electron chi connectivity index (χ4n) is 3.22. The summed E-state index contributed by atoms with van der Waals surface area (Å²) < 4.78 is 15.1. The second-order valence-corrected chi connectivity index (χ2v) is 7.49. The van der Waals surface area contributed by atoms with Crippen LogP contribution in [0.2, 0.25) is 0 Å². The van der Waals surface area contributed by atoms with Crippen LogP contribution in [0.1, 0.15) is 35.3 Å². The summed E-state index contributed by atoms with van der Waals surface area (Å²) in [6.07, 6.45) is -0.556. The number of nitrogens with one attached hydrogen (secondary N) is 2. The van der Waals surface area contributed by atoms with Gasteiger partial charge >= 0.3 is 6.16 Å². The minimum Gasteiger partial charge on any atom is -0.494 e. The summed E-state index contributed by atoms with van der Waals surface area (Å²) in [5, 5.41) is 5.72. The van der Waals surface area contributed by atoms with E-state index < -0.39 is 6.16 Å². The molecule has 0 fully saturated rings. The highest BCUT2D eigenvalue weighted by molar-refractivity contribution is 5.94. The quantitative estimate of drug-likeness (QED) is 0.324. The molecule has 3 aromatic rings. The van der Waals surface area contributed by atoms with Crippen LogP contribution in [0.15, 0.2) is 72.8 Å². The van der Waals surface area contributed by atoms with Crippen LogP contribution < -0.4 is 20.1 Å². The molecule has 0 aliphatic heterocycles. The van der Waals surface area contributed by atoms with Crippen molar-refractivity contribution in [3.63, 3.8) is 0 Å². The van der Waals surface area contributed by atoms with Gasteiger partial charge in [-0.1, -0.05) is 24.3 Å². The van der Waals surface area contributed by atoms with Crippen LogP contribution in [0, 0.1) is 0 Å². The topological polar surface area (TPSA) is 103 Å². The number of ether oxygens (including phenoxy) is 3. The lowest BCUT2D eigenvalue weighted by molar-refractivity contribution is -0.115. The fraction of sp³-hybridized carbons (Fsp3) is 0.222. The van der Waals surface area contributed by atoms with E-state index >= 15 is 0 Å². The second kappa shape index (κ2) is 12.8. The summed E-state index contributed by atoms with van der Waals surface area (Å²) in [5.41, 5.74) is 2.78. The van der Waals surface area contributed by atoms with Crippen LogP contribution in [-0.2, 0) is 22.5 Å². The van der Waals surface area contributed by atoms with Crippen LogP contribution in [0.4, 0.5) is 10.5 Å². The van der Waals surface area contributed by atoms with Gasteiger partial charge in [-0.2, -0.15) is 0 Å². The SMILES string of the molecule is CCOC(=O)Oc1ccc(C(=O)NCc2cccc(NC(=O)Cc3ccc(OCC)cc3)c2)cc1. The highest BCUT2D eigenvalue weighted by atomic mass is 16.7. The third kappa shape index (κ3) is 8.19. The number of anilines is 1. The second-order valence-electron chi connectivity index (χ2n) is 7.49. The Morgan fingerprint density at radius 2 is 1.51 bits per heavy atom. The van der Waals surface area contributed by atoms with Gasteiger partial charge in [0.05, 0.1) is 19.6 Å². The molecule has 3 rings (SSSR count). The maximum Gasteiger partial charge on any atom is 0.513 e. The molecule has 0 atom stereocenters. The molecule has 0 aromatic heterocycles. The first-order valence-electron chi connectivity index (χ1n) is 11.3. The van der Waals surface area contributed by atoms with Crippen molar-refractivity contribution in [3.8, 4) is 11.5 Å². The predicted octanol–water partition coefficient (Wildman–Crippen LogP) is 4.73. The molecule has 35 heavy (non-hydrogen) atoms. The van der Waals surface area contributed by atoms with Crippen LogP contribution in [0.5, 0.6) is 11.5 Å². The summed E-state index contributed by atoms with van der Waals surface area (Å²) in [6, 6.07) is 20.9. The smallest absolute Gasteiger partial charge is 0.494 e. The average molecular weight is 477 g/mol. The molecule has 0 aliphatic carbocycles. The molecular weight excluding hydrogens is 448 g/mol. The number of carbonyl (C=O) groups excluding carboxylic acids is 3. The molecule has 0 spiro atoms. The van der Waals surface area contributed by atoms with Crippen molar-refractivity contribution >= 4 is 23.7 Å². The minimum absolute atomic E-state index is 0.138. The molecule has 0 aliphatic rings. The Morgan fingerprint density at radius 3 is 2.20 bits per heavy atom. The summed E-state index contributed by atoms with van der Waals surface area (Å²) in [5.74, 6) is 0.638. The van der Waals surface area contributed by atoms with E-state index in [0.29, 0.717) is 17.9 Å². The van der Waals surface area contributed by atoms with Crippen molar-refractivity contribution < 1.29 is 28.6 Å². The van der Waals surface area contributed by atoms with Gasteiger partial charge in [0.1, 0.15) is 11.5 Å². The largest absolute Gasteiger partial charge is 0.513 e. The van der Waals surface area contributed by atoms with Gasteiger partial charge in [0.25, 0.3) is 5.91 Å². The molecule has 0 heterocycles. The summed E-state index contributed by atoms with van der Waals surface area (Å²) >= 11 is 0. The Balaban J connectivity index is 1.50. The molecule has 2 amide bonds. The standard InChI is InChI=1S/C27H28N2O6/c1-3-33-23-12-8-19(9-13-23)17-25(30)29-22-7-5-6-20(16-22)18-28-26(31)21-10-14-24(15-11-21)35-27(32)34-4-2/h5-16H,3-4,17-18H2,1-2H3,(H,28,31)(H,29,30). The van der Waals surface area contributed by atoms with E-state index in [9.17, 15) is 14.4 Å². The van der Waals surface area contributed by atoms with E-state index in [2.05, 4.69) is 10.6 Å². The monoisotopic (exact) mass is 476 g/mol. The molecule has 3 aromatic carbocycles. The highest BCUT2D eigenvalue weighted by Gasteiger charge is 2.09. The predicted molar refractivity (Wildman–Crippen MR) is 132 cm³/mol. The first kappa shape index (κ1) is 25.3. The van der Waals surface area contributed by atoms with Gasteiger partial charge in [-0.15, -0.1) is 0 Å². The van der Waals surface area contributed by atoms with Crippen molar-refractivity contribution in [1.82, 2.24) is 5.32 Å². The highest BCUT2D eigenvalue weighted by Crippen LogP contribution is 2.16. The van der Waals surface area contributed by atoms with Gasteiger partial charge < -0.3 is 24.8 Å². The average Bonchev–Trinajstić information content (AvgIpc) is 2.85. The zero-order chi connectivity index (χ0) is 25.0. The van der Waals surface area contributed by atoms with Crippen LogP contribution >= 0.6 is 0 Å². The van der Waals surface area contributed by atoms with Crippen molar-refractivity contribution in [3.05, 3.63) is 89.5 Å². The lowest BCUT2D eigenvalue weighted by atomic mass is 10.1. The van der Waals surface area contributed by atoms with Crippen LogP contribution in [-0.4, -0.2) is 31.2 Å². The van der Waals surface area contributed by atoms with E-state index in [1.165, 1.54) is 12.1 Å². The normalized spacial score (nSPS) is 10.2. The Morgan fingerprint density at radius 1 is 0.800 bits per heavy atom. The summed E-state index contributed by atoms with van der Waals surface area (Å²) in [7, 11) is 0. The zero-order valence-corrected chi connectivity index (χ0v) is 19.7. The molecule has 182 valence electrons. The number of hydrogen-bond donors (Lipinski definition) is 2. The first-order chi connectivity index (χ1) is 17.0. The van der Waals surface area contributed by atoms with Crippen molar-refractivity contribution in [2.75, 3.05) is 18.5 Å². The number of carbonyl (C=O) groups is 3. The van der Waals surface area contributed by atoms with E-state index in [1.807, 2.05) is 49.4 Å². The Bertz CT molecular complexity index is 1140. The van der Waals surface area contributed by atoms with Gasteiger partial charge in [-0.3, -0.25) is 9.59 Å². The molecule has 0 saturated carbocycles. The van der Waals surface area contributed by atoms with Gasteiger partial charge in [-0.25, -0.2) is 4.79 Å². The van der Waals surface area contributed by atoms with E-state index in [4.69, 9.17) is 14.2 Å². The number of hydrogen-bond acceptors (Lipinski definition) is 6. The molecular formula is C27H28N2O6. The van der Waals surface area contributed by atoms with Crippen molar-refractivity contribution in [2.24, 2.45) is 0 Å². The van der Waals surface area contributed by atoms with Gasteiger partial charge in [-0.05, 0) is 73.5 Å². The third-order valence-corrected chi connectivity index (χ3v) is 4.84. The summed E-state index contributed by atoms with van der Waals surface area (Å²) in [4.78, 5) is 36.3. The van der Waals surface area contributed by atoms with E-state index in [1.54, 1.807) is 25.1 Å². The van der Waals surface area contributed by atoms with Crippen LogP contribution in [0.25, 0.3) is 0 Å². The zero-order valence-electron chi connectivity index (χ0n) is 19.7. The first-order valence-corrected chi connectivity index (χ1v) is 11.3. The van der Waals surface area contributed by atoms with E-state index in [0.717, 1.165) is 16.9 Å². The molecule has 0 bridgehead atoms. The molecule has 8 nitrogen and oxygen atoms in total. The fourth-order valence-corrected chi connectivity index (χ4v) is 3.22. The number of amides is 2. The Hall–Kier alpha value is -4.33.